The number of rotatable bonds is 2. The van der Waals surface area contributed by atoms with Crippen LogP contribution in [0, 0.1) is 17.2 Å². The number of nitrogens with two attached hydrogens (primary N) is 1. The summed E-state index contributed by atoms with van der Waals surface area (Å²) in [6.07, 6.45) is 1.87. The first-order valence-corrected chi connectivity index (χ1v) is 8.11. The Morgan fingerprint density at radius 1 is 1.35 bits per heavy atom. The second-order valence-corrected chi connectivity index (χ2v) is 7.33. The first kappa shape index (κ1) is 14.8. The van der Waals surface area contributed by atoms with Gasteiger partial charge >= 0.3 is 0 Å². The quantitative estimate of drug-likeness (QED) is 0.844. The molecule has 1 aromatic rings. The minimum atomic E-state index is -3.65. The highest BCUT2D eigenvalue weighted by Gasteiger charge is 2.34. The number of benzene rings is 1. The van der Waals surface area contributed by atoms with Crippen molar-refractivity contribution >= 4 is 15.7 Å². The smallest absolute Gasteiger partial charge is 0.244 e. The monoisotopic (exact) mass is 293 g/mol. The molecular weight excluding hydrogens is 274 g/mol. The van der Waals surface area contributed by atoms with E-state index >= 15 is 0 Å². The van der Waals surface area contributed by atoms with Gasteiger partial charge in [0.25, 0.3) is 0 Å². The first-order valence-electron chi connectivity index (χ1n) is 6.67. The molecule has 0 radical (unpaired) electrons. The van der Waals surface area contributed by atoms with Crippen LogP contribution >= 0.6 is 0 Å². The van der Waals surface area contributed by atoms with Crippen LogP contribution in [-0.2, 0) is 10.0 Å². The molecule has 1 heterocycles. The Hall–Kier alpha value is -1.58. The molecule has 0 spiro atoms. The van der Waals surface area contributed by atoms with E-state index in [4.69, 9.17) is 11.0 Å². The van der Waals surface area contributed by atoms with Crippen LogP contribution < -0.4 is 5.73 Å². The van der Waals surface area contributed by atoms with Gasteiger partial charge in [0.15, 0.2) is 0 Å². The lowest BCUT2D eigenvalue weighted by Crippen LogP contribution is -2.45. The molecule has 2 N–H and O–H groups in total. The molecule has 1 aliphatic heterocycles. The second kappa shape index (κ2) is 5.43. The summed E-state index contributed by atoms with van der Waals surface area (Å²) in [5.74, 6) is 0.334. The fraction of sp³-hybridized carbons (Fsp3) is 0.500. The van der Waals surface area contributed by atoms with E-state index < -0.39 is 10.0 Å². The Labute approximate surface area is 120 Å². The molecule has 0 amide bonds. The molecule has 5 nitrogen and oxygen atoms in total. The van der Waals surface area contributed by atoms with E-state index in [0.29, 0.717) is 18.2 Å². The molecular formula is C14H19N3O2S. The minimum absolute atomic E-state index is 0.0414. The highest BCUT2D eigenvalue weighted by atomic mass is 32.2. The van der Waals surface area contributed by atoms with Crippen molar-refractivity contribution in [3.63, 3.8) is 0 Å². The van der Waals surface area contributed by atoms with Gasteiger partial charge in [-0.3, -0.25) is 0 Å². The van der Waals surface area contributed by atoms with Crippen LogP contribution in [0.25, 0.3) is 0 Å². The number of nitrogens with zero attached hydrogens (tertiary/aromatic N) is 2. The maximum Gasteiger partial charge on any atom is 0.244 e. The molecule has 0 bridgehead atoms. The fourth-order valence-corrected chi connectivity index (χ4v) is 4.47. The van der Waals surface area contributed by atoms with Gasteiger partial charge in [-0.1, -0.05) is 6.92 Å². The lowest BCUT2D eigenvalue weighted by Gasteiger charge is -2.35. The van der Waals surface area contributed by atoms with E-state index in [9.17, 15) is 8.42 Å². The van der Waals surface area contributed by atoms with Crippen molar-refractivity contribution in [1.82, 2.24) is 4.31 Å². The third-order valence-corrected chi connectivity index (χ3v) is 5.81. The summed E-state index contributed by atoms with van der Waals surface area (Å²) in [4.78, 5) is 0.0511. The Balaban J connectivity index is 2.47. The van der Waals surface area contributed by atoms with Crippen molar-refractivity contribution in [3.8, 4) is 6.07 Å². The van der Waals surface area contributed by atoms with Crippen LogP contribution in [0.5, 0.6) is 0 Å². The molecule has 2 atom stereocenters. The Kier molecular flexibility index (Phi) is 4.02. The minimum Gasteiger partial charge on any atom is -0.399 e. The third kappa shape index (κ3) is 2.65. The molecule has 1 aromatic carbocycles. The van der Waals surface area contributed by atoms with Crippen molar-refractivity contribution in [2.75, 3.05) is 12.3 Å². The van der Waals surface area contributed by atoms with Gasteiger partial charge in [0.1, 0.15) is 11.0 Å². The van der Waals surface area contributed by atoms with Crippen molar-refractivity contribution in [1.29, 1.82) is 5.26 Å². The number of sulfonamides is 1. The van der Waals surface area contributed by atoms with Gasteiger partial charge in [0, 0.05) is 18.3 Å². The predicted octanol–water partition coefficient (Wildman–Crippen LogP) is 1.95. The van der Waals surface area contributed by atoms with Gasteiger partial charge in [-0.15, -0.1) is 0 Å². The van der Waals surface area contributed by atoms with Crippen molar-refractivity contribution in [2.45, 2.75) is 37.6 Å². The predicted molar refractivity (Wildman–Crippen MR) is 77.3 cm³/mol. The summed E-state index contributed by atoms with van der Waals surface area (Å²) in [6, 6.07) is 6.23. The molecule has 1 aliphatic rings. The maximum atomic E-state index is 12.8. The van der Waals surface area contributed by atoms with Crippen LogP contribution in [0.2, 0.25) is 0 Å². The molecule has 0 aliphatic carbocycles. The molecule has 1 fully saturated rings. The topological polar surface area (TPSA) is 87.2 Å². The maximum absolute atomic E-state index is 12.8. The third-order valence-electron chi connectivity index (χ3n) is 3.77. The van der Waals surface area contributed by atoms with Crippen LogP contribution in [0.1, 0.15) is 32.3 Å². The van der Waals surface area contributed by atoms with Gasteiger partial charge < -0.3 is 5.73 Å². The zero-order chi connectivity index (χ0) is 14.9. The highest BCUT2D eigenvalue weighted by Crippen LogP contribution is 2.29. The Morgan fingerprint density at radius 3 is 2.70 bits per heavy atom. The average molecular weight is 293 g/mol. The fourth-order valence-electron chi connectivity index (χ4n) is 2.57. The van der Waals surface area contributed by atoms with Crippen LogP contribution in [0.4, 0.5) is 5.69 Å². The van der Waals surface area contributed by atoms with E-state index in [1.807, 2.05) is 19.9 Å². The molecule has 1 saturated heterocycles. The Morgan fingerprint density at radius 2 is 2.05 bits per heavy atom. The number of nitrogen functional groups attached to an aromatic ring is 1. The van der Waals surface area contributed by atoms with Crippen molar-refractivity contribution < 1.29 is 8.42 Å². The van der Waals surface area contributed by atoms with Crippen LogP contribution in [-0.4, -0.2) is 25.3 Å². The van der Waals surface area contributed by atoms with Gasteiger partial charge in [-0.05, 0) is 43.9 Å². The normalized spacial score (nSPS) is 24.2. The van der Waals surface area contributed by atoms with E-state index in [-0.39, 0.29) is 16.5 Å². The summed E-state index contributed by atoms with van der Waals surface area (Å²) in [5.41, 5.74) is 6.11. The van der Waals surface area contributed by atoms with Crippen molar-refractivity contribution in [2.24, 2.45) is 5.92 Å². The first-order chi connectivity index (χ1) is 9.36. The van der Waals surface area contributed by atoms with Crippen LogP contribution in [0.3, 0.4) is 0 Å². The molecule has 20 heavy (non-hydrogen) atoms. The van der Waals surface area contributed by atoms with Gasteiger partial charge in [-0.2, -0.15) is 9.57 Å². The molecule has 6 heteroatoms. The summed E-state index contributed by atoms with van der Waals surface area (Å²) in [5, 5.41) is 9.13. The second-order valence-electron chi connectivity index (χ2n) is 5.47. The highest BCUT2D eigenvalue weighted by molar-refractivity contribution is 7.89. The summed E-state index contributed by atoms with van der Waals surface area (Å²) < 4.78 is 27.0. The molecule has 108 valence electrons. The zero-order valence-corrected chi connectivity index (χ0v) is 12.5. The standard InChI is InChI=1S/C14H19N3O2S/c1-10-3-4-11(2)17(9-10)20(18,19)14-6-5-13(16)7-12(14)8-15/h5-7,10-11H,3-4,9,16H2,1-2H3. The largest absolute Gasteiger partial charge is 0.399 e. The van der Waals surface area contributed by atoms with E-state index in [1.165, 1.54) is 22.5 Å². The molecule has 0 saturated carbocycles. The summed E-state index contributed by atoms with van der Waals surface area (Å²) in [7, 11) is -3.65. The van der Waals surface area contributed by atoms with E-state index in [2.05, 4.69) is 0 Å². The number of hydrogen-bond donors (Lipinski definition) is 1. The molecule has 0 aromatic heterocycles. The van der Waals surface area contributed by atoms with Crippen molar-refractivity contribution in [3.05, 3.63) is 23.8 Å². The number of hydrogen-bond acceptors (Lipinski definition) is 4. The van der Waals surface area contributed by atoms with E-state index in [1.54, 1.807) is 0 Å². The zero-order valence-electron chi connectivity index (χ0n) is 11.7. The Bertz CT molecular complexity index is 649. The lowest BCUT2D eigenvalue weighted by molar-refractivity contribution is 0.218. The van der Waals surface area contributed by atoms with Gasteiger partial charge in [0.05, 0.1) is 5.56 Å². The number of anilines is 1. The van der Waals surface area contributed by atoms with Crippen LogP contribution in [0.15, 0.2) is 23.1 Å². The SMILES string of the molecule is CC1CCC(C)N(S(=O)(=O)c2ccc(N)cc2C#N)C1. The summed E-state index contributed by atoms with van der Waals surface area (Å²) in [6.45, 7) is 4.45. The summed E-state index contributed by atoms with van der Waals surface area (Å²) >= 11 is 0. The van der Waals surface area contributed by atoms with Gasteiger partial charge in [-0.25, -0.2) is 8.42 Å². The molecule has 2 unspecified atom stereocenters. The lowest BCUT2D eigenvalue weighted by atomic mass is 9.97. The molecule has 2 rings (SSSR count). The average Bonchev–Trinajstić information content (AvgIpc) is 2.40. The number of nitriles is 1. The van der Waals surface area contributed by atoms with E-state index in [0.717, 1.165) is 12.8 Å². The van der Waals surface area contributed by atoms with Gasteiger partial charge in [0.2, 0.25) is 10.0 Å². The number of piperidine rings is 1.